The van der Waals surface area contributed by atoms with Crippen molar-refractivity contribution in [2.75, 3.05) is 0 Å². The van der Waals surface area contributed by atoms with E-state index >= 15 is 0 Å². The van der Waals surface area contributed by atoms with Gasteiger partial charge in [-0.25, -0.2) is 0 Å². The number of aryl methyl sites for hydroxylation is 3. The molecule has 124 valence electrons. The molecule has 0 heterocycles. The molecule has 0 nitrogen and oxygen atoms in total. The summed E-state index contributed by atoms with van der Waals surface area (Å²) in [6.45, 7) is 6.68. The first-order valence-electron chi connectivity index (χ1n) is 8.43. The van der Waals surface area contributed by atoms with Crippen LogP contribution in [0.25, 0.3) is 17.2 Å². The van der Waals surface area contributed by atoms with E-state index in [1.54, 1.807) is 16.7 Å². The second kappa shape index (κ2) is 7.90. The van der Waals surface area contributed by atoms with Gasteiger partial charge in [-0.15, -0.1) is 0 Å². The Balaban J connectivity index is 0.000000526. The molecule has 2 aliphatic rings. The van der Waals surface area contributed by atoms with E-state index in [9.17, 15) is 0 Å². The Morgan fingerprint density at radius 2 is 1.54 bits per heavy atom. The second-order valence-electron chi connectivity index (χ2n) is 6.93. The van der Waals surface area contributed by atoms with Crippen molar-refractivity contribution in [3.63, 3.8) is 0 Å². The zero-order chi connectivity index (χ0) is 17.3. The van der Waals surface area contributed by atoms with Crippen molar-refractivity contribution in [1.29, 1.82) is 0 Å². The van der Waals surface area contributed by atoms with Crippen molar-refractivity contribution in [3.05, 3.63) is 63.2 Å². The normalized spacial score (nSPS) is 14.5. The molecule has 0 aromatic heterocycles. The zero-order valence-corrected chi connectivity index (χ0v) is 18.4. The molecule has 0 saturated carbocycles. The molecular formula is C21H22Cl2Zr. The summed E-state index contributed by atoms with van der Waals surface area (Å²) in [6, 6.07) is 9.48. The molecular weight excluding hydrogens is 414 g/mol. The van der Waals surface area contributed by atoms with Gasteiger partial charge < -0.3 is 0 Å². The van der Waals surface area contributed by atoms with Gasteiger partial charge in [-0.05, 0) is 79.8 Å². The third kappa shape index (κ3) is 3.74. The molecule has 2 aromatic carbocycles. The van der Waals surface area contributed by atoms with Gasteiger partial charge in [0.15, 0.2) is 0 Å². The first-order valence-corrected chi connectivity index (χ1v) is 14.8. The topological polar surface area (TPSA) is 0 Å². The fourth-order valence-electron chi connectivity index (χ4n) is 4.18. The van der Waals surface area contributed by atoms with Crippen LogP contribution in [0.2, 0.25) is 0 Å². The Morgan fingerprint density at radius 3 is 2.21 bits per heavy atom. The molecule has 0 bridgehead atoms. The number of hydrogen-bond acceptors (Lipinski definition) is 0. The van der Waals surface area contributed by atoms with Gasteiger partial charge in [0, 0.05) is 0 Å². The summed E-state index contributed by atoms with van der Waals surface area (Å²) in [5, 5.41) is 0. The predicted octanol–water partition coefficient (Wildman–Crippen LogP) is 6.80. The van der Waals surface area contributed by atoms with E-state index in [0.29, 0.717) is 0 Å². The minimum absolute atomic E-state index is 0.826. The van der Waals surface area contributed by atoms with Crippen LogP contribution in [0.3, 0.4) is 0 Å². The van der Waals surface area contributed by atoms with Crippen molar-refractivity contribution >= 4 is 23.1 Å². The molecule has 0 spiro atoms. The van der Waals surface area contributed by atoms with Gasteiger partial charge >= 0.3 is 37.9 Å². The average molecular weight is 437 g/mol. The predicted molar refractivity (Wildman–Crippen MR) is 102 cm³/mol. The Bertz CT molecular complexity index is 786. The fourth-order valence-corrected chi connectivity index (χ4v) is 4.18. The molecule has 0 unspecified atom stereocenters. The molecule has 0 radical (unpaired) electrons. The van der Waals surface area contributed by atoms with Gasteiger partial charge in [-0.1, -0.05) is 47.0 Å². The van der Waals surface area contributed by atoms with Gasteiger partial charge in [0.1, 0.15) is 0 Å². The van der Waals surface area contributed by atoms with Gasteiger partial charge in [0.25, 0.3) is 0 Å². The van der Waals surface area contributed by atoms with Crippen LogP contribution >= 0.6 is 17.0 Å². The van der Waals surface area contributed by atoms with Crippen molar-refractivity contribution in [1.82, 2.24) is 0 Å². The number of fused-ring (bicyclic) bond motifs is 2. The number of rotatable bonds is 1. The summed E-state index contributed by atoms with van der Waals surface area (Å²) < 4.78 is 0. The molecule has 2 aliphatic carbocycles. The van der Waals surface area contributed by atoms with E-state index in [2.05, 4.69) is 51.1 Å². The number of allylic oxidation sites excluding steroid dienone is 1. The third-order valence-corrected chi connectivity index (χ3v) is 4.90. The Labute approximate surface area is 163 Å². The first kappa shape index (κ1) is 18.4. The van der Waals surface area contributed by atoms with E-state index in [1.807, 2.05) is 0 Å². The maximum atomic E-state index is 4.93. The summed E-state index contributed by atoms with van der Waals surface area (Å²) in [7, 11) is 9.87. The van der Waals surface area contributed by atoms with Crippen molar-refractivity contribution in [2.45, 2.75) is 46.5 Å². The van der Waals surface area contributed by atoms with Crippen LogP contribution in [0, 0.1) is 13.8 Å². The molecule has 4 rings (SSSR count). The molecule has 0 fully saturated rings. The molecule has 24 heavy (non-hydrogen) atoms. The fraction of sp³-hybridized carbons (Fsp3) is 0.333. The summed E-state index contributed by atoms with van der Waals surface area (Å²) in [4.78, 5) is 0. The van der Waals surface area contributed by atoms with E-state index in [4.69, 9.17) is 17.0 Å². The Hall–Kier alpha value is -0.357. The van der Waals surface area contributed by atoms with Gasteiger partial charge in [-0.3, -0.25) is 0 Å². The Morgan fingerprint density at radius 1 is 0.875 bits per heavy atom. The summed E-state index contributed by atoms with van der Waals surface area (Å²) >= 11 is -0.826. The van der Waals surface area contributed by atoms with Gasteiger partial charge in [0.05, 0.1) is 0 Å². The minimum atomic E-state index is -0.826. The van der Waals surface area contributed by atoms with Crippen LogP contribution in [-0.4, -0.2) is 0 Å². The van der Waals surface area contributed by atoms with E-state index < -0.39 is 20.8 Å². The van der Waals surface area contributed by atoms with Crippen molar-refractivity contribution in [3.8, 4) is 11.1 Å². The molecule has 3 heteroatoms. The van der Waals surface area contributed by atoms with Crippen LogP contribution in [0.15, 0.2) is 29.8 Å². The van der Waals surface area contributed by atoms with Gasteiger partial charge in [-0.2, -0.15) is 0 Å². The molecule has 0 saturated heterocycles. The van der Waals surface area contributed by atoms with Crippen LogP contribution < -0.4 is 0 Å². The zero-order valence-electron chi connectivity index (χ0n) is 14.5. The summed E-state index contributed by atoms with van der Waals surface area (Å²) in [5.41, 5.74) is 13.5. The average Bonchev–Trinajstić information content (AvgIpc) is 3.09. The molecule has 2 aromatic rings. The maximum absolute atomic E-state index is 4.93. The number of hydrogen-bond donors (Lipinski definition) is 0. The SMILES string of the molecule is CC1=Cc2c(cc3c(c2-c2cc(C)cc(C)c2)CCC3)C1.[Cl][Zr][Cl]. The monoisotopic (exact) mass is 434 g/mol. The standard InChI is InChI=1S/C21H22.2ClH.Zr/c1-13-7-14(2)10-18(9-13)21-19-6-4-5-16(19)12-17-8-15(3)11-20(17)21;;;/h7,9-12H,4-6,8H2,1-3H3;2*1H;/q;;;+2/p-2. The summed E-state index contributed by atoms with van der Waals surface area (Å²) in [5.74, 6) is 0. The van der Waals surface area contributed by atoms with Crippen LogP contribution in [0.5, 0.6) is 0 Å². The number of benzene rings is 2. The van der Waals surface area contributed by atoms with Crippen LogP contribution in [0.1, 0.15) is 46.7 Å². The summed E-state index contributed by atoms with van der Waals surface area (Å²) in [6.07, 6.45) is 7.39. The Kier molecular flexibility index (Phi) is 6.07. The van der Waals surface area contributed by atoms with Crippen LogP contribution in [0.4, 0.5) is 0 Å². The van der Waals surface area contributed by atoms with Gasteiger partial charge in [0.2, 0.25) is 0 Å². The second-order valence-corrected chi connectivity index (χ2v) is 10.7. The number of halogens is 2. The molecule has 0 atom stereocenters. The van der Waals surface area contributed by atoms with Crippen molar-refractivity contribution < 1.29 is 20.8 Å². The van der Waals surface area contributed by atoms with E-state index in [-0.39, 0.29) is 0 Å². The molecule has 0 aliphatic heterocycles. The first-order chi connectivity index (χ1) is 11.5. The third-order valence-electron chi connectivity index (χ3n) is 4.90. The van der Waals surface area contributed by atoms with E-state index in [0.717, 1.165) is 6.42 Å². The molecule has 0 N–H and O–H groups in total. The quantitative estimate of drug-likeness (QED) is 0.461. The van der Waals surface area contributed by atoms with E-state index in [1.165, 1.54) is 52.7 Å². The van der Waals surface area contributed by atoms with Crippen LogP contribution in [-0.2, 0) is 40.1 Å². The van der Waals surface area contributed by atoms with Crippen molar-refractivity contribution in [2.24, 2.45) is 0 Å². The molecule has 0 amide bonds.